The molecule has 4 rings (SSSR count). The highest BCUT2D eigenvalue weighted by Crippen LogP contribution is 2.34. The fourth-order valence-corrected chi connectivity index (χ4v) is 3.89. The van der Waals surface area contributed by atoms with Gasteiger partial charge in [-0.1, -0.05) is 26.0 Å². The van der Waals surface area contributed by atoms with Crippen molar-refractivity contribution in [1.82, 2.24) is 5.32 Å². The van der Waals surface area contributed by atoms with Gasteiger partial charge < -0.3 is 19.5 Å². The van der Waals surface area contributed by atoms with E-state index in [1.807, 2.05) is 24.3 Å². The van der Waals surface area contributed by atoms with Gasteiger partial charge in [0.2, 0.25) is 0 Å². The third-order valence-electron chi connectivity index (χ3n) is 5.35. The molecule has 0 radical (unpaired) electrons. The summed E-state index contributed by atoms with van der Waals surface area (Å²) in [4.78, 5) is 12.5. The molecule has 5 nitrogen and oxygen atoms in total. The zero-order chi connectivity index (χ0) is 19.5. The van der Waals surface area contributed by atoms with E-state index in [0.717, 1.165) is 35.7 Å². The molecule has 2 aromatic rings. The number of carbonyl (C=O) groups is 1. The Hall–Kier alpha value is -2.69. The van der Waals surface area contributed by atoms with Crippen molar-refractivity contribution >= 4 is 5.91 Å². The van der Waals surface area contributed by atoms with Gasteiger partial charge in [0.1, 0.15) is 19.0 Å². The van der Waals surface area contributed by atoms with Crippen LogP contribution in [-0.2, 0) is 17.6 Å². The first-order valence-corrected chi connectivity index (χ1v) is 10.0. The first-order chi connectivity index (χ1) is 13.6. The van der Waals surface area contributed by atoms with Gasteiger partial charge in [-0.2, -0.15) is 0 Å². The van der Waals surface area contributed by atoms with Crippen molar-refractivity contribution in [3.8, 4) is 17.2 Å². The van der Waals surface area contributed by atoms with Gasteiger partial charge in [-0.15, -0.1) is 0 Å². The standard InChI is InChI=1S/C23H27NO4/c1-15(2)23(18-7-9-20-21(13-18)27-11-10-26-20)24-22(25)14-28-19-8-6-16-4-3-5-17(16)12-19/h6-9,12-13,15,23H,3-5,10-11,14H2,1-2H3,(H,24,25)/t23-/m0/s1. The van der Waals surface area contributed by atoms with Crippen LogP contribution in [0.3, 0.4) is 0 Å². The predicted octanol–water partition coefficient (Wildman–Crippen LogP) is 3.84. The monoisotopic (exact) mass is 381 g/mol. The van der Waals surface area contributed by atoms with E-state index in [1.165, 1.54) is 17.5 Å². The zero-order valence-electron chi connectivity index (χ0n) is 16.5. The average molecular weight is 381 g/mol. The lowest BCUT2D eigenvalue weighted by atomic mass is 9.95. The van der Waals surface area contributed by atoms with E-state index in [2.05, 4.69) is 31.3 Å². The summed E-state index contributed by atoms with van der Waals surface area (Å²) < 4.78 is 17.0. The van der Waals surface area contributed by atoms with Crippen LogP contribution in [0, 0.1) is 5.92 Å². The number of ether oxygens (including phenoxy) is 3. The van der Waals surface area contributed by atoms with Crippen LogP contribution in [0.2, 0.25) is 0 Å². The Morgan fingerprint density at radius 3 is 2.64 bits per heavy atom. The summed E-state index contributed by atoms with van der Waals surface area (Å²) in [6.07, 6.45) is 3.44. The van der Waals surface area contributed by atoms with Gasteiger partial charge in [0.25, 0.3) is 5.91 Å². The van der Waals surface area contributed by atoms with Crippen molar-refractivity contribution < 1.29 is 19.0 Å². The molecule has 148 valence electrons. The van der Waals surface area contributed by atoms with E-state index in [0.29, 0.717) is 13.2 Å². The maximum atomic E-state index is 12.5. The molecule has 0 spiro atoms. The number of hydrogen-bond acceptors (Lipinski definition) is 4. The summed E-state index contributed by atoms with van der Waals surface area (Å²) >= 11 is 0. The Morgan fingerprint density at radius 2 is 1.82 bits per heavy atom. The number of aryl methyl sites for hydroxylation is 2. The van der Waals surface area contributed by atoms with Crippen LogP contribution < -0.4 is 19.5 Å². The zero-order valence-corrected chi connectivity index (χ0v) is 16.5. The maximum Gasteiger partial charge on any atom is 0.258 e. The van der Waals surface area contributed by atoms with Crippen LogP contribution in [0.1, 0.15) is 43.0 Å². The van der Waals surface area contributed by atoms with Gasteiger partial charge in [0.05, 0.1) is 6.04 Å². The second-order valence-corrected chi connectivity index (χ2v) is 7.77. The topological polar surface area (TPSA) is 56.8 Å². The highest BCUT2D eigenvalue weighted by Gasteiger charge is 2.22. The summed E-state index contributed by atoms with van der Waals surface area (Å²) in [5, 5.41) is 3.10. The van der Waals surface area contributed by atoms with E-state index in [4.69, 9.17) is 14.2 Å². The minimum atomic E-state index is -0.130. The Morgan fingerprint density at radius 1 is 1.04 bits per heavy atom. The van der Waals surface area contributed by atoms with Crippen molar-refractivity contribution in [1.29, 1.82) is 0 Å². The Labute approximate surface area is 166 Å². The summed E-state index contributed by atoms with van der Waals surface area (Å²) in [5.74, 6) is 2.35. The lowest BCUT2D eigenvalue weighted by Crippen LogP contribution is -2.35. The normalized spacial score (nSPS) is 15.8. The minimum Gasteiger partial charge on any atom is -0.486 e. The van der Waals surface area contributed by atoms with E-state index in [1.54, 1.807) is 0 Å². The third-order valence-corrected chi connectivity index (χ3v) is 5.35. The van der Waals surface area contributed by atoms with Crippen LogP contribution in [0.25, 0.3) is 0 Å². The molecule has 5 heteroatoms. The van der Waals surface area contributed by atoms with E-state index >= 15 is 0 Å². The third kappa shape index (κ3) is 4.08. The first kappa shape index (κ1) is 18.7. The number of nitrogens with one attached hydrogen (secondary N) is 1. The molecular formula is C23H27NO4. The van der Waals surface area contributed by atoms with Gasteiger partial charge in [0, 0.05) is 0 Å². The molecule has 1 amide bonds. The van der Waals surface area contributed by atoms with Crippen molar-refractivity contribution in [2.75, 3.05) is 19.8 Å². The minimum absolute atomic E-state index is 0.00651. The molecule has 1 atom stereocenters. The molecule has 1 heterocycles. The van der Waals surface area contributed by atoms with Crippen molar-refractivity contribution in [3.05, 3.63) is 53.1 Å². The van der Waals surface area contributed by atoms with Crippen LogP contribution >= 0.6 is 0 Å². The van der Waals surface area contributed by atoms with Gasteiger partial charge in [-0.3, -0.25) is 4.79 Å². The number of benzene rings is 2. The van der Waals surface area contributed by atoms with Crippen molar-refractivity contribution in [3.63, 3.8) is 0 Å². The second-order valence-electron chi connectivity index (χ2n) is 7.77. The van der Waals surface area contributed by atoms with Crippen LogP contribution in [0.15, 0.2) is 36.4 Å². The molecule has 1 aliphatic heterocycles. The highest BCUT2D eigenvalue weighted by molar-refractivity contribution is 5.78. The van der Waals surface area contributed by atoms with Crippen LogP contribution in [0.4, 0.5) is 0 Å². The van der Waals surface area contributed by atoms with Crippen molar-refractivity contribution in [2.24, 2.45) is 5.92 Å². The van der Waals surface area contributed by atoms with E-state index in [-0.39, 0.29) is 24.5 Å². The number of rotatable bonds is 6. The SMILES string of the molecule is CC(C)[C@H](NC(=O)COc1ccc2c(c1)CCC2)c1ccc2c(c1)OCCO2. The molecule has 1 aliphatic carbocycles. The summed E-state index contributed by atoms with van der Waals surface area (Å²) in [6.45, 7) is 5.29. The Kier molecular flexibility index (Phi) is 5.42. The molecule has 0 bridgehead atoms. The van der Waals surface area contributed by atoms with Crippen LogP contribution in [0.5, 0.6) is 17.2 Å². The quantitative estimate of drug-likeness (QED) is 0.826. The summed E-state index contributed by atoms with van der Waals surface area (Å²) in [7, 11) is 0. The molecule has 0 saturated carbocycles. The lowest BCUT2D eigenvalue weighted by molar-refractivity contribution is -0.124. The van der Waals surface area contributed by atoms with E-state index in [9.17, 15) is 4.79 Å². The van der Waals surface area contributed by atoms with Crippen molar-refractivity contribution in [2.45, 2.75) is 39.2 Å². The fourth-order valence-electron chi connectivity index (χ4n) is 3.89. The Balaban J connectivity index is 1.39. The van der Waals surface area contributed by atoms with Crippen LogP contribution in [-0.4, -0.2) is 25.7 Å². The van der Waals surface area contributed by atoms with Gasteiger partial charge in [-0.25, -0.2) is 0 Å². The largest absolute Gasteiger partial charge is 0.486 e. The molecule has 0 unspecified atom stereocenters. The number of hydrogen-bond donors (Lipinski definition) is 1. The number of amides is 1. The summed E-state index contributed by atoms with van der Waals surface area (Å²) in [6, 6.07) is 11.9. The molecule has 2 aromatic carbocycles. The molecule has 0 aromatic heterocycles. The molecule has 1 N–H and O–H groups in total. The Bertz CT molecular complexity index is 862. The highest BCUT2D eigenvalue weighted by atomic mass is 16.6. The first-order valence-electron chi connectivity index (χ1n) is 10.0. The molecule has 0 fully saturated rings. The second kappa shape index (κ2) is 8.13. The molecule has 0 saturated heterocycles. The molecule has 28 heavy (non-hydrogen) atoms. The van der Waals surface area contributed by atoms with Gasteiger partial charge in [0.15, 0.2) is 18.1 Å². The van der Waals surface area contributed by atoms with E-state index < -0.39 is 0 Å². The average Bonchev–Trinajstić information content (AvgIpc) is 3.18. The lowest BCUT2D eigenvalue weighted by Gasteiger charge is -2.25. The maximum absolute atomic E-state index is 12.5. The number of carbonyl (C=O) groups excluding carboxylic acids is 1. The summed E-state index contributed by atoms with van der Waals surface area (Å²) in [5.41, 5.74) is 3.75. The molecule has 2 aliphatic rings. The fraction of sp³-hybridized carbons (Fsp3) is 0.435. The smallest absolute Gasteiger partial charge is 0.258 e. The predicted molar refractivity (Wildman–Crippen MR) is 107 cm³/mol. The van der Waals surface area contributed by atoms with Gasteiger partial charge in [-0.05, 0) is 66.1 Å². The van der Waals surface area contributed by atoms with Gasteiger partial charge >= 0.3 is 0 Å². The molecular weight excluding hydrogens is 354 g/mol. The number of fused-ring (bicyclic) bond motifs is 2.